The molecule has 0 aliphatic carbocycles. The fourth-order valence-corrected chi connectivity index (χ4v) is 4.06. The molecule has 0 bridgehead atoms. The summed E-state index contributed by atoms with van der Waals surface area (Å²) in [5.41, 5.74) is 0.930. The number of benzene rings is 1. The summed E-state index contributed by atoms with van der Waals surface area (Å²) in [6, 6.07) is 5.15. The molecule has 6 heteroatoms. The minimum Gasteiger partial charge on any atom is -0.314 e. The third-order valence-corrected chi connectivity index (χ3v) is 6.08. The van der Waals surface area contributed by atoms with Crippen LogP contribution in [-0.2, 0) is 10.0 Å². The maximum absolute atomic E-state index is 12.5. The molecule has 1 atom stereocenters. The van der Waals surface area contributed by atoms with Crippen molar-refractivity contribution < 1.29 is 8.42 Å². The van der Waals surface area contributed by atoms with Gasteiger partial charge in [0.15, 0.2) is 0 Å². The van der Waals surface area contributed by atoms with E-state index in [2.05, 4.69) is 21.2 Å². The van der Waals surface area contributed by atoms with Crippen LogP contribution in [0.1, 0.15) is 12.5 Å². The highest BCUT2D eigenvalue weighted by Crippen LogP contribution is 2.24. The molecule has 1 N–H and O–H groups in total. The molecule has 1 aliphatic heterocycles. The van der Waals surface area contributed by atoms with Crippen LogP contribution in [0.5, 0.6) is 0 Å². The summed E-state index contributed by atoms with van der Waals surface area (Å²) >= 11 is 3.39. The highest BCUT2D eigenvalue weighted by Gasteiger charge is 2.30. The smallest absolute Gasteiger partial charge is 0.243 e. The normalized spacial score (nSPS) is 22.1. The van der Waals surface area contributed by atoms with Gasteiger partial charge in [-0.25, -0.2) is 8.42 Å². The predicted octanol–water partition coefficient (Wildman–Crippen LogP) is 1.74. The van der Waals surface area contributed by atoms with E-state index in [0.29, 0.717) is 24.5 Å². The maximum Gasteiger partial charge on any atom is 0.243 e. The number of nitrogens with one attached hydrogen (secondary N) is 1. The van der Waals surface area contributed by atoms with Crippen molar-refractivity contribution in [3.63, 3.8) is 0 Å². The molecule has 100 valence electrons. The first-order valence-electron chi connectivity index (χ1n) is 5.91. The Labute approximate surface area is 117 Å². The standard InChI is InChI=1S/C12H17BrN2O2S/c1-9-7-11(3-4-12(9)13)18(16,17)15-6-5-14-8-10(15)2/h3-4,7,10,14H,5-6,8H2,1-2H3. The van der Waals surface area contributed by atoms with Crippen LogP contribution >= 0.6 is 15.9 Å². The van der Waals surface area contributed by atoms with Crippen molar-refractivity contribution in [2.45, 2.75) is 24.8 Å². The molecular formula is C12H17BrN2O2S. The number of hydrogen-bond acceptors (Lipinski definition) is 3. The second kappa shape index (κ2) is 5.28. The van der Waals surface area contributed by atoms with E-state index in [1.54, 1.807) is 22.5 Å². The fraction of sp³-hybridized carbons (Fsp3) is 0.500. The van der Waals surface area contributed by atoms with Crippen LogP contribution in [0.2, 0.25) is 0 Å². The lowest BCUT2D eigenvalue weighted by Gasteiger charge is -2.32. The number of nitrogens with zero attached hydrogens (tertiary/aromatic N) is 1. The van der Waals surface area contributed by atoms with E-state index in [4.69, 9.17) is 0 Å². The number of hydrogen-bond donors (Lipinski definition) is 1. The monoisotopic (exact) mass is 332 g/mol. The Bertz CT molecular complexity index is 545. The largest absolute Gasteiger partial charge is 0.314 e. The van der Waals surface area contributed by atoms with Gasteiger partial charge in [-0.05, 0) is 37.6 Å². The number of sulfonamides is 1. The maximum atomic E-state index is 12.5. The van der Waals surface area contributed by atoms with Gasteiger partial charge in [0.1, 0.15) is 0 Å². The second-order valence-electron chi connectivity index (χ2n) is 4.58. The molecule has 0 amide bonds. The molecule has 1 heterocycles. The first-order valence-corrected chi connectivity index (χ1v) is 8.15. The third kappa shape index (κ3) is 2.61. The van der Waals surface area contributed by atoms with Gasteiger partial charge in [-0.15, -0.1) is 0 Å². The Morgan fingerprint density at radius 2 is 2.17 bits per heavy atom. The molecule has 0 saturated carbocycles. The average molecular weight is 333 g/mol. The minimum atomic E-state index is -3.38. The summed E-state index contributed by atoms with van der Waals surface area (Å²) in [4.78, 5) is 0.372. The van der Waals surface area contributed by atoms with Crippen LogP contribution in [0, 0.1) is 6.92 Å². The molecular weight excluding hydrogens is 316 g/mol. The fourth-order valence-electron chi connectivity index (χ4n) is 2.09. The topological polar surface area (TPSA) is 49.4 Å². The van der Waals surface area contributed by atoms with E-state index in [1.807, 2.05) is 13.8 Å². The molecule has 0 spiro atoms. The van der Waals surface area contributed by atoms with Gasteiger partial charge in [0.2, 0.25) is 10.0 Å². The van der Waals surface area contributed by atoms with E-state index in [9.17, 15) is 8.42 Å². The minimum absolute atomic E-state index is 0.00676. The lowest BCUT2D eigenvalue weighted by molar-refractivity contribution is 0.284. The van der Waals surface area contributed by atoms with Crippen LogP contribution in [0.15, 0.2) is 27.6 Å². The SMILES string of the molecule is Cc1cc(S(=O)(=O)N2CCNCC2C)ccc1Br. The van der Waals surface area contributed by atoms with Crippen LogP contribution in [0.4, 0.5) is 0 Å². The zero-order chi connectivity index (χ0) is 13.3. The van der Waals surface area contributed by atoms with Crippen molar-refractivity contribution in [3.05, 3.63) is 28.2 Å². The molecule has 1 aromatic carbocycles. The van der Waals surface area contributed by atoms with Crippen molar-refractivity contribution in [2.24, 2.45) is 0 Å². The molecule has 1 saturated heterocycles. The first-order chi connectivity index (χ1) is 8.43. The number of rotatable bonds is 2. The highest BCUT2D eigenvalue weighted by molar-refractivity contribution is 9.10. The van der Waals surface area contributed by atoms with Crippen molar-refractivity contribution in [2.75, 3.05) is 19.6 Å². The van der Waals surface area contributed by atoms with E-state index in [0.717, 1.165) is 10.0 Å². The van der Waals surface area contributed by atoms with Gasteiger partial charge in [0.25, 0.3) is 0 Å². The van der Waals surface area contributed by atoms with Crippen LogP contribution < -0.4 is 5.32 Å². The van der Waals surface area contributed by atoms with Gasteiger partial charge in [-0.2, -0.15) is 4.31 Å². The molecule has 18 heavy (non-hydrogen) atoms. The average Bonchev–Trinajstić information content (AvgIpc) is 2.33. The first kappa shape index (κ1) is 14.0. The lowest BCUT2D eigenvalue weighted by Crippen LogP contribution is -2.52. The molecule has 2 rings (SSSR count). The molecule has 4 nitrogen and oxygen atoms in total. The molecule has 0 aromatic heterocycles. The number of piperazine rings is 1. The Balaban J connectivity index is 2.37. The Hall–Kier alpha value is -0.430. The molecule has 1 aliphatic rings. The zero-order valence-electron chi connectivity index (χ0n) is 10.5. The van der Waals surface area contributed by atoms with E-state index in [1.165, 1.54) is 0 Å². The zero-order valence-corrected chi connectivity index (χ0v) is 12.9. The Morgan fingerprint density at radius 1 is 1.44 bits per heavy atom. The van der Waals surface area contributed by atoms with Crippen LogP contribution in [-0.4, -0.2) is 38.4 Å². The van der Waals surface area contributed by atoms with Crippen LogP contribution in [0.25, 0.3) is 0 Å². The van der Waals surface area contributed by atoms with Gasteiger partial charge in [-0.3, -0.25) is 0 Å². The number of aryl methyl sites for hydroxylation is 1. The van der Waals surface area contributed by atoms with Gasteiger partial charge in [-0.1, -0.05) is 15.9 Å². The van der Waals surface area contributed by atoms with Crippen LogP contribution in [0.3, 0.4) is 0 Å². The highest BCUT2D eigenvalue weighted by atomic mass is 79.9. The molecule has 0 radical (unpaired) electrons. The van der Waals surface area contributed by atoms with Gasteiger partial charge in [0.05, 0.1) is 4.90 Å². The Kier molecular flexibility index (Phi) is 4.11. The number of halogens is 1. The Morgan fingerprint density at radius 3 is 2.78 bits per heavy atom. The quantitative estimate of drug-likeness (QED) is 0.897. The summed E-state index contributed by atoms with van der Waals surface area (Å²) < 4.78 is 27.6. The van der Waals surface area contributed by atoms with E-state index >= 15 is 0 Å². The van der Waals surface area contributed by atoms with E-state index in [-0.39, 0.29) is 6.04 Å². The summed E-state index contributed by atoms with van der Waals surface area (Å²) in [6.45, 7) is 5.76. The molecule has 1 unspecified atom stereocenters. The summed E-state index contributed by atoms with van der Waals surface area (Å²) in [6.07, 6.45) is 0. The van der Waals surface area contributed by atoms with Gasteiger partial charge in [0, 0.05) is 30.1 Å². The van der Waals surface area contributed by atoms with Crippen molar-refractivity contribution in [3.8, 4) is 0 Å². The second-order valence-corrected chi connectivity index (χ2v) is 7.32. The molecule has 1 fully saturated rings. The van der Waals surface area contributed by atoms with Crippen molar-refractivity contribution >= 4 is 26.0 Å². The predicted molar refractivity (Wildman–Crippen MR) is 75.1 cm³/mol. The van der Waals surface area contributed by atoms with Crippen molar-refractivity contribution in [1.29, 1.82) is 0 Å². The van der Waals surface area contributed by atoms with Crippen molar-refractivity contribution in [1.82, 2.24) is 9.62 Å². The molecule has 1 aromatic rings. The summed E-state index contributed by atoms with van der Waals surface area (Å²) in [5, 5.41) is 3.19. The summed E-state index contributed by atoms with van der Waals surface area (Å²) in [7, 11) is -3.38. The summed E-state index contributed by atoms with van der Waals surface area (Å²) in [5.74, 6) is 0. The third-order valence-electron chi connectivity index (χ3n) is 3.18. The van der Waals surface area contributed by atoms with Gasteiger partial charge < -0.3 is 5.32 Å². The van der Waals surface area contributed by atoms with Gasteiger partial charge >= 0.3 is 0 Å². The van der Waals surface area contributed by atoms with E-state index < -0.39 is 10.0 Å². The lowest BCUT2D eigenvalue weighted by atomic mass is 10.2.